The van der Waals surface area contributed by atoms with E-state index in [4.69, 9.17) is 16.7 Å². The fourth-order valence-electron chi connectivity index (χ4n) is 2.56. The van der Waals surface area contributed by atoms with E-state index in [1.807, 2.05) is 0 Å². The molecule has 0 bridgehead atoms. The van der Waals surface area contributed by atoms with Crippen LogP contribution in [0.25, 0.3) is 0 Å². The largest absolute Gasteiger partial charge is 0.395 e. The van der Waals surface area contributed by atoms with Gasteiger partial charge in [0.15, 0.2) is 0 Å². The minimum atomic E-state index is -3.52. The Bertz CT molecular complexity index is 592. The van der Waals surface area contributed by atoms with Gasteiger partial charge in [0, 0.05) is 31.2 Å². The van der Waals surface area contributed by atoms with E-state index in [9.17, 15) is 8.42 Å². The first kappa shape index (κ1) is 16.7. The molecule has 0 aromatic heterocycles. The molecule has 5 nitrogen and oxygen atoms in total. The monoisotopic (exact) mass is 332 g/mol. The summed E-state index contributed by atoms with van der Waals surface area (Å²) in [5, 5.41) is 9.46. The molecule has 1 N–H and O–H groups in total. The molecule has 0 spiro atoms. The van der Waals surface area contributed by atoms with Gasteiger partial charge in [0.2, 0.25) is 10.0 Å². The fraction of sp³-hybridized carbons (Fsp3) is 0.571. The van der Waals surface area contributed by atoms with Gasteiger partial charge in [-0.25, -0.2) is 8.42 Å². The van der Waals surface area contributed by atoms with Gasteiger partial charge in [-0.05, 0) is 37.6 Å². The van der Waals surface area contributed by atoms with Crippen molar-refractivity contribution < 1.29 is 13.5 Å². The second-order valence-corrected chi connectivity index (χ2v) is 7.50. The number of rotatable bonds is 4. The van der Waals surface area contributed by atoms with Gasteiger partial charge >= 0.3 is 0 Å². The molecule has 0 amide bonds. The lowest BCUT2D eigenvalue weighted by atomic mass is 10.2. The van der Waals surface area contributed by atoms with Crippen molar-refractivity contribution in [2.45, 2.75) is 18.2 Å². The van der Waals surface area contributed by atoms with Gasteiger partial charge in [-0.1, -0.05) is 17.7 Å². The summed E-state index contributed by atoms with van der Waals surface area (Å²) in [5.74, 6) is 0. The maximum Gasteiger partial charge on any atom is 0.243 e. The zero-order valence-corrected chi connectivity index (χ0v) is 13.7. The first-order chi connectivity index (χ1) is 9.96. The SMILES string of the molecule is Cc1c(Cl)cccc1S(=O)(=O)N1CCCN(CCO)CC1. The topological polar surface area (TPSA) is 60.9 Å². The molecule has 0 atom stereocenters. The van der Waals surface area contributed by atoms with Crippen molar-refractivity contribution in [3.05, 3.63) is 28.8 Å². The Morgan fingerprint density at radius 1 is 1.24 bits per heavy atom. The van der Waals surface area contributed by atoms with Gasteiger partial charge in [0.1, 0.15) is 0 Å². The van der Waals surface area contributed by atoms with Crippen molar-refractivity contribution in [2.24, 2.45) is 0 Å². The van der Waals surface area contributed by atoms with Gasteiger partial charge < -0.3 is 5.11 Å². The molecule has 1 aromatic carbocycles. The summed E-state index contributed by atoms with van der Waals surface area (Å²) in [6.07, 6.45) is 0.763. The van der Waals surface area contributed by atoms with E-state index in [2.05, 4.69) is 4.90 Å². The molecule has 0 aliphatic carbocycles. The van der Waals surface area contributed by atoms with Gasteiger partial charge in [-0.3, -0.25) is 4.90 Å². The summed E-state index contributed by atoms with van der Waals surface area (Å²) in [6.45, 7) is 4.79. The second kappa shape index (κ2) is 7.07. The van der Waals surface area contributed by atoms with Gasteiger partial charge in [-0.15, -0.1) is 0 Å². The summed E-state index contributed by atoms with van der Waals surface area (Å²) in [4.78, 5) is 2.37. The third-order valence-electron chi connectivity index (χ3n) is 3.80. The Kier molecular flexibility index (Phi) is 5.62. The van der Waals surface area contributed by atoms with E-state index in [1.54, 1.807) is 25.1 Å². The van der Waals surface area contributed by atoms with Crippen LogP contribution in [0.15, 0.2) is 23.1 Å². The highest BCUT2D eigenvalue weighted by Crippen LogP contribution is 2.26. The number of β-amino-alcohol motifs (C(OH)–C–C–N with tert-alkyl or cyclic N) is 1. The zero-order chi connectivity index (χ0) is 15.5. The maximum absolute atomic E-state index is 12.8. The van der Waals surface area contributed by atoms with Crippen LogP contribution in [-0.2, 0) is 10.0 Å². The normalized spacial score (nSPS) is 18.6. The predicted octanol–water partition coefficient (Wildman–Crippen LogP) is 1.34. The van der Waals surface area contributed by atoms with E-state index in [0.717, 1.165) is 13.0 Å². The number of hydrogen-bond acceptors (Lipinski definition) is 4. The average Bonchev–Trinajstić information content (AvgIpc) is 2.68. The van der Waals surface area contributed by atoms with Crippen molar-refractivity contribution in [3.63, 3.8) is 0 Å². The Morgan fingerprint density at radius 3 is 2.71 bits per heavy atom. The Morgan fingerprint density at radius 2 is 2.00 bits per heavy atom. The Labute approximate surface area is 131 Å². The molecule has 1 aliphatic heterocycles. The highest BCUT2D eigenvalue weighted by molar-refractivity contribution is 7.89. The number of benzene rings is 1. The lowest BCUT2D eigenvalue weighted by Crippen LogP contribution is -2.36. The van der Waals surface area contributed by atoms with Crippen LogP contribution < -0.4 is 0 Å². The number of nitrogens with zero attached hydrogens (tertiary/aromatic N) is 2. The van der Waals surface area contributed by atoms with Crippen LogP contribution in [0.1, 0.15) is 12.0 Å². The molecule has 118 valence electrons. The molecule has 1 aliphatic rings. The predicted molar refractivity (Wildman–Crippen MR) is 83.1 cm³/mol. The quantitative estimate of drug-likeness (QED) is 0.904. The molecule has 1 saturated heterocycles. The lowest BCUT2D eigenvalue weighted by Gasteiger charge is -2.22. The number of halogens is 1. The number of sulfonamides is 1. The molecule has 0 unspecified atom stereocenters. The number of aliphatic hydroxyl groups is 1. The highest BCUT2D eigenvalue weighted by atomic mass is 35.5. The molecule has 0 saturated carbocycles. The van der Waals surface area contributed by atoms with Crippen LogP contribution in [0, 0.1) is 6.92 Å². The average molecular weight is 333 g/mol. The zero-order valence-electron chi connectivity index (χ0n) is 12.1. The lowest BCUT2D eigenvalue weighted by molar-refractivity contribution is 0.202. The van der Waals surface area contributed by atoms with Gasteiger partial charge in [0.05, 0.1) is 11.5 Å². The van der Waals surface area contributed by atoms with Crippen LogP contribution in [0.3, 0.4) is 0 Å². The smallest absolute Gasteiger partial charge is 0.243 e. The van der Waals surface area contributed by atoms with Crippen LogP contribution in [0.2, 0.25) is 5.02 Å². The molecular formula is C14H21ClN2O3S. The highest BCUT2D eigenvalue weighted by Gasteiger charge is 2.28. The van der Waals surface area contributed by atoms with Gasteiger partial charge in [0.25, 0.3) is 0 Å². The summed E-state index contributed by atoms with van der Waals surface area (Å²) in [5.41, 5.74) is 0.593. The van der Waals surface area contributed by atoms with Crippen LogP contribution in [0.5, 0.6) is 0 Å². The van der Waals surface area contributed by atoms with Gasteiger partial charge in [-0.2, -0.15) is 4.31 Å². The van der Waals surface area contributed by atoms with Crippen LogP contribution >= 0.6 is 11.6 Å². The Hall–Kier alpha value is -0.660. The van der Waals surface area contributed by atoms with Crippen molar-refractivity contribution in [1.29, 1.82) is 0 Å². The summed E-state index contributed by atoms with van der Waals surface area (Å²) in [7, 11) is -3.52. The standard InChI is InChI=1S/C14H21ClN2O3S/c1-12-13(15)4-2-5-14(12)21(19,20)17-7-3-6-16(8-9-17)10-11-18/h2,4-5,18H,3,6-11H2,1H3. The van der Waals surface area contributed by atoms with Crippen molar-refractivity contribution in [2.75, 3.05) is 39.3 Å². The first-order valence-electron chi connectivity index (χ1n) is 7.05. The van der Waals surface area contributed by atoms with Crippen LogP contribution in [-0.4, -0.2) is 62.1 Å². The molecule has 0 radical (unpaired) electrons. The van der Waals surface area contributed by atoms with E-state index >= 15 is 0 Å². The molecule has 1 fully saturated rings. The first-order valence-corrected chi connectivity index (χ1v) is 8.87. The minimum absolute atomic E-state index is 0.0974. The number of aliphatic hydroxyl groups excluding tert-OH is 1. The van der Waals surface area contributed by atoms with Crippen molar-refractivity contribution in [3.8, 4) is 0 Å². The summed E-state index contributed by atoms with van der Waals surface area (Å²) < 4.78 is 27.1. The summed E-state index contributed by atoms with van der Waals surface area (Å²) >= 11 is 6.04. The minimum Gasteiger partial charge on any atom is -0.395 e. The second-order valence-electron chi connectivity index (χ2n) is 5.19. The molecule has 2 rings (SSSR count). The molecule has 7 heteroatoms. The molecule has 21 heavy (non-hydrogen) atoms. The molecular weight excluding hydrogens is 312 g/mol. The van der Waals surface area contributed by atoms with Crippen molar-refractivity contribution in [1.82, 2.24) is 9.21 Å². The van der Waals surface area contributed by atoms with E-state index in [1.165, 1.54) is 4.31 Å². The summed E-state index contributed by atoms with van der Waals surface area (Å²) in [6, 6.07) is 4.96. The maximum atomic E-state index is 12.8. The molecule has 1 heterocycles. The fourth-order valence-corrected chi connectivity index (χ4v) is 4.51. The molecule has 1 aromatic rings. The third kappa shape index (κ3) is 3.76. The van der Waals surface area contributed by atoms with E-state index < -0.39 is 10.0 Å². The van der Waals surface area contributed by atoms with E-state index in [-0.39, 0.29) is 11.5 Å². The third-order valence-corrected chi connectivity index (χ3v) is 6.25. The van der Waals surface area contributed by atoms with E-state index in [0.29, 0.717) is 36.8 Å². The number of hydrogen-bond donors (Lipinski definition) is 1. The van der Waals surface area contributed by atoms with Crippen molar-refractivity contribution >= 4 is 21.6 Å². The Balaban J connectivity index is 2.22. The van der Waals surface area contributed by atoms with Crippen LogP contribution in [0.4, 0.5) is 0 Å².